The van der Waals surface area contributed by atoms with Crippen molar-refractivity contribution in [1.82, 2.24) is 29.2 Å². The first kappa shape index (κ1) is 23.8. The van der Waals surface area contributed by atoms with Crippen LogP contribution >= 0.6 is 11.8 Å². The summed E-state index contributed by atoms with van der Waals surface area (Å²) in [4.78, 5) is 43.8. The summed E-state index contributed by atoms with van der Waals surface area (Å²) in [7, 11) is 1.79. The van der Waals surface area contributed by atoms with Crippen LogP contribution in [0.25, 0.3) is 11.0 Å². The lowest BCUT2D eigenvalue weighted by molar-refractivity contribution is 0.0916. The average molecular weight is 501 g/mol. The zero-order chi connectivity index (χ0) is 24.7. The van der Waals surface area contributed by atoms with Gasteiger partial charge in [0, 0.05) is 30.9 Å². The second-order valence-electron chi connectivity index (χ2n) is 9.47. The van der Waals surface area contributed by atoms with Crippen molar-refractivity contribution in [1.29, 1.82) is 0 Å². The number of fused-ring (bicyclic) bond motifs is 1. The second kappa shape index (κ2) is 9.60. The molecular formula is C24H29FN6O3S. The van der Waals surface area contributed by atoms with E-state index in [0.29, 0.717) is 31.4 Å². The highest BCUT2D eigenvalue weighted by molar-refractivity contribution is 7.99. The fourth-order valence-corrected chi connectivity index (χ4v) is 6.29. The van der Waals surface area contributed by atoms with Crippen LogP contribution in [0.5, 0.6) is 0 Å². The molecule has 0 aromatic carbocycles. The largest absolute Gasteiger partial charge is 0.348 e. The topological polar surface area (TPSA) is 104 Å². The van der Waals surface area contributed by atoms with Crippen LogP contribution in [0.2, 0.25) is 0 Å². The summed E-state index contributed by atoms with van der Waals surface area (Å²) in [5.74, 6) is 1.04. The number of carbonyl (C=O) groups excluding carboxylic acids is 1. The highest BCUT2D eigenvalue weighted by Crippen LogP contribution is 2.30. The first-order chi connectivity index (χ1) is 16.8. The van der Waals surface area contributed by atoms with Gasteiger partial charge < -0.3 is 5.32 Å². The van der Waals surface area contributed by atoms with Crippen LogP contribution in [0.4, 0.5) is 4.39 Å². The molecule has 1 aliphatic carbocycles. The van der Waals surface area contributed by atoms with Gasteiger partial charge in [0.25, 0.3) is 11.5 Å². The van der Waals surface area contributed by atoms with Gasteiger partial charge in [-0.2, -0.15) is 16.9 Å². The number of carbonyl (C=O) groups is 1. The molecule has 9 nitrogen and oxygen atoms in total. The molecule has 35 heavy (non-hydrogen) atoms. The van der Waals surface area contributed by atoms with Crippen LogP contribution < -0.4 is 16.6 Å². The van der Waals surface area contributed by atoms with Crippen LogP contribution in [0.15, 0.2) is 27.9 Å². The summed E-state index contributed by atoms with van der Waals surface area (Å²) in [6.07, 6.45) is 5.08. The molecule has 0 spiro atoms. The zero-order valence-electron chi connectivity index (χ0n) is 19.9. The molecule has 11 heteroatoms. The SMILES string of the molecule is Cc1cc(C(=O)N[C@H]2CC[C@@H](n3c(=O)c4cc(F)cnc4n(C4CCSCC4)c3=O)CC2)nn1C. The normalized spacial score (nSPS) is 21.3. The first-order valence-corrected chi connectivity index (χ1v) is 13.2. The number of amides is 1. The highest BCUT2D eigenvalue weighted by Gasteiger charge is 2.30. The Morgan fingerprint density at radius 1 is 1.06 bits per heavy atom. The third kappa shape index (κ3) is 4.53. The number of nitrogens with zero attached hydrogens (tertiary/aromatic N) is 5. The summed E-state index contributed by atoms with van der Waals surface area (Å²) >= 11 is 1.84. The number of thioether (sulfide) groups is 1. The lowest BCUT2D eigenvalue weighted by atomic mass is 9.90. The van der Waals surface area contributed by atoms with Gasteiger partial charge in [0.05, 0.1) is 11.6 Å². The fourth-order valence-electron chi connectivity index (χ4n) is 5.21. The van der Waals surface area contributed by atoms with Crippen molar-refractivity contribution in [3.63, 3.8) is 0 Å². The van der Waals surface area contributed by atoms with Gasteiger partial charge in [0.15, 0.2) is 0 Å². The Kier molecular flexibility index (Phi) is 6.52. The molecule has 3 aromatic rings. The number of aryl methyl sites for hydroxylation is 2. The number of nitrogens with one attached hydrogen (secondary N) is 1. The Morgan fingerprint density at radius 2 is 1.74 bits per heavy atom. The van der Waals surface area contributed by atoms with E-state index in [4.69, 9.17) is 0 Å². The Hall–Kier alpha value is -2.95. The molecule has 1 saturated heterocycles. The van der Waals surface area contributed by atoms with Gasteiger partial charge in [0.1, 0.15) is 17.2 Å². The molecule has 3 aromatic heterocycles. The third-order valence-electron chi connectivity index (χ3n) is 7.22. The van der Waals surface area contributed by atoms with Crippen LogP contribution in [0.3, 0.4) is 0 Å². The Balaban J connectivity index is 1.41. The second-order valence-corrected chi connectivity index (χ2v) is 10.7. The van der Waals surface area contributed by atoms with Gasteiger partial charge in [-0.25, -0.2) is 14.2 Å². The van der Waals surface area contributed by atoms with E-state index in [-0.39, 0.29) is 40.8 Å². The van der Waals surface area contributed by atoms with Crippen LogP contribution in [0.1, 0.15) is 66.8 Å². The molecule has 186 valence electrons. The van der Waals surface area contributed by atoms with Gasteiger partial charge >= 0.3 is 5.69 Å². The first-order valence-electron chi connectivity index (χ1n) is 12.0. The van der Waals surface area contributed by atoms with E-state index in [2.05, 4.69) is 15.4 Å². The molecule has 0 radical (unpaired) electrons. The molecule has 1 aliphatic heterocycles. The smallest absolute Gasteiger partial charge is 0.333 e. The number of hydrogen-bond acceptors (Lipinski definition) is 6. The van der Waals surface area contributed by atoms with E-state index in [9.17, 15) is 18.8 Å². The highest BCUT2D eigenvalue weighted by atomic mass is 32.2. The molecule has 4 heterocycles. The van der Waals surface area contributed by atoms with Crippen molar-refractivity contribution in [3.05, 3.63) is 56.4 Å². The predicted octanol–water partition coefficient (Wildman–Crippen LogP) is 2.72. The maximum atomic E-state index is 14.1. The van der Waals surface area contributed by atoms with Crippen molar-refractivity contribution in [2.45, 2.75) is 63.6 Å². The van der Waals surface area contributed by atoms with Gasteiger partial charge in [-0.1, -0.05) is 0 Å². The minimum atomic E-state index is -0.596. The lowest BCUT2D eigenvalue weighted by Crippen LogP contribution is -2.46. The van der Waals surface area contributed by atoms with Crippen molar-refractivity contribution in [2.75, 3.05) is 11.5 Å². The maximum Gasteiger partial charge on any atom is 0.333 e. The Morgan fingerprint density at radius 3 is 2.40 bits per heavy atom. The predicted molar refractivity (Wildman–Crippen MR) is 133 cm³/mol. The maximum absolute atomic E-state index is 14.1. The molecule has 1 amide bonds. The molecule has 0 atom stereocenters. The number of hydrogen-bond donors (Lipinski definition) is 1. The number of rotatable bonds is 4. The molecule has 2 fully saturated rings. The summed E-state index contributed by atoms with van der Waals surface area (Å²) in [5, 5.41) is 7.40. The van der Waals surface area contributed by atoms with E-state index in [0.717, 1.165) is 36.2 Å². The van der Waals surface area contributed by atoms with E-state index in [1.807, 2.05) is 18.7 Å². The minimum Gasteiger partial charge on any atom is -0.348 e. The van der Waals surface area contributed by atoms with Gasteiger partial charge in [0.2, 0.25) is 0 Å². The van der Waals surface area contributed by atoms with Gasteiger partial charge in [-0.15, -0.1) is 0 Å². The van der Waals surface area contributed by atoms with Crippen molar-refractivity contribution < 1.29 is 9.18 Å². The summed E-state index contributed by atoms with van der Waals surface area (Å²) in [5.41, 5.74) is 0.681. The fraction of sp³-hybridized carbons (Fsp3) is 0.542. The Labute approximate surface area is 205 Å². The van der Waals surface area contributed by atoms with Crippen molar-refractivity contribution >= 4 is 28.7 Å². The zero-order valence-corrected chi connectivity index (χ0v) is 20.7. The molecule has 0 unspecified atom stereocenters. The summed E-state index contributed by atoms with van der Waals surface area (Å²) in [6.45, 7) is 1.89. The number of halogens is 1. The molecular weight excluding hydrogens is 471 g/mol. The monoisotopic (exact) mass is 500 g/mol. The van der Waals surface area contributed by atoms with Crippen molar-refractivity contribution in [3.8, 4) is 0 Å². The molecule has 2 aliphatic rings. The van der Waals surface area contributed by atoms with E-state index in [1.165, 1.54) is 10.6 Å². The minimum absolute atomic E-state index is 0.0612. The van der Waals surface area contributed by atoms with Crippen LogP contribution in [0, 0.1) is 12.7 Å². The molecule has 5 rings (SSSR count). The average Bonchev–Trinajstić information content (AvgIpc) is 3.19. The number of aromatic nitrogens is 5. The molecule has 0 bridgehead atoms. The van der Waals surface area contributed by atoms with Crippen LogP contribution in [-0.4, -0.2) is 47.4 Å². The molecule has 1 saturated carbocycles. The van der Waals surface area contributed by atoms with E-state index >= 15 is 0 Å². The van der Waals surface area contributed by atoms with Gasteiger partial charge in [-0.05, 0) is 69.1 Å². The third-order valence-corrected chi connectivity index (χ3v) is 8.27. The van der Waals surface area contributed by atoms with Crippen LogP contribution in [-0.2, 0) is 7.05 Å². The lowest BCUT2D eigenvalue weighted by Gasteiger charge is -2.31. The number of pyridine rings is 1. The quantitative estimate of drug-likeness (QED) is 0.591. The van der Waals surface area contributed by atoms with E-state index in [1.54, 1.807) is 22.4 Å². The molecule has 1 N–H and O–H groups in total. The van der Waals surface area contributed by atoms with E-state index < -0.39 is 11.4 Å². The Bertz CT molecular complexity index is 1360. The summed E-state index contributed by atoms with van der Waals surface area (Å²) in [6, 6.07) is 2.50. The van der Waals surface area contributed by atoms with Gasteiger partial charge in [-0.3, -0.25) is 23.4 Å². The summed E-state index contributed by atoms with van der Waals surface area (Å²) < 4.78 is 18.6. The standard InChI is InChI=1S/C24H29FN6O3S/c1-14-11-20(28-29(14)2)22(32)27-16-3-5-17(6-4-16)31-23(33)19-12-15(25)13-26-21(19)30(24(31)34)18-7-9-35-10-8-18/h11-13,16-18H,3-10H2,1-2H3,(H,27,32)/t16-,17+. The van der Waals surface area contributed by atoms with Crippen molar-refractivity contribution in [2.24, 2.45) is 7.05 Å².